The highest BCUT2D eigenvalue weighted by Crippen LogP contribution is 2.34. The molecule has 0 spiro atoms. The Balaban J connectivity index is 2.16. The second kappa shape index (κ2) is 4.08. The highest BCUT2D eigenvalue weighted by Gasteiger charge is 2.21. The molecule has 3 aromatic rings. The van der Waals surface area contributed by atoms with Gasteiger partial charge in [-0.05, 0) is 12.5 Å². The maximum absolute atomic E-state index is 9.98. The molecule has 18 heavy (non-hydrogen) atoms. The number of aryl methyl sites for hydroxylation is 1. The van der Waals surface area contributed by atoms with Gasteiger partial charge >= 0.3 is 0 Å². The molecule has 6 heteroatoms. The van der Waals surface area contributed by atoms with E-state index in [4.69, 9.17) is 5.73 Å². The largest absolute Gasteiger partial charge is 0.498 e. The second-order valence-electron chi connectivity index (χ2n) is 4.03. The van der Waals surface area contributed by atoms with Crippen LogP contribution in [-0.2, 0) is 0 Å². The Labute approximate surface area is 108 Å². The summed E-state index contributed by atoms with van der Waals surface area (Å²) in [5.41, 5.74) is 7.71. The zero-order valence-corrected chi connectivity index (χ0v) is 10.6. The highest BCUT2D eigenvalue weighted by atomic mass is 32.1. The number of hydrogen-bond acceptors (Lipinski definition) is 5. The van der Waals surface area contributed by atoms with Crippen LogP contribution in [0.5, 0.6) is 5.06 Å². The normalized spacial score (nSPS) is 13.0. The van der Waals surface area contributed by atoms with Gasteiger partial charge in [-0.3, -0.25) is 0 Å². The summed E-state index contributed by atoms with van der Waals surface area (Å²) in [6.07, 6.45) is 0. The van der Waals surface area contributed by atoms with Crippen molar-refractivity contribution in [3.63, 3.8) is 0 Å². The first-order valence-corrected chi connectivity index (χ1v) is 6.34. The first-order chi connectivity index (χ1) is 8.66. The minimum atomic E-state index is -0.416. The van der Waals surface area contributed by atoms with Crippen LogP contribution in [0.2, 0.25) is 0 Å². The average molecular weight is 260 g/mol. The number of aromatic hydroxyl groups is 1. The van der Waals surface area contributed by atoms with Gasteiger partial charge in [0.15, 0.2) is 5.06 Å². The first kappa shape index (κ1) is 11.2. The Morgan fingerprint density at radius 3 is 2.78 bits per heavy atom. The van der Waals surface area contributed by atoms with E-state index in [0.29, 0.717) is 16.5 Å². The summed E-state index contributed by atoms with van der Waals surface area (Å²) in [7, 11) is 0. The third-order valence-electron chi connectivity index (χ3n) is 2.77. The lowest BCUT2D eigenvalue weighted by Crippen LogP contribution is -2.14. The molecule has 1 aromatic carbocycles. The zero-order valence-electron chi connectivity index (χ0n) is 9.74. The van der Waals surface area contributed by atoms with E-state index in [1.807, 2.05) is 37.3 Å². The van der Waals surface area contributed by atoms with E-state index >= 15 is 0 Å². The molecule has 0 radical (unpaired) electrons. The predicted octanol–water partition coefficient (Wildman–Crippen LogP) is 1.85. The third-order valence-corrected chi connectivity index (χ3v) is 3.62. The van der Waals surface area contributed by atoms with Crippen molar-refractivity contribution < 1.29 is 5.11 Å². The van der Waals surface area contributed by atoms with E-state index in [0.717, 1.165) is 5.56 Å². The minimum absolute atomic E-state index is 0.168. The molecule has 1 atom stereocenters. The molecule has 5 nitrogen and oxygen atoms in total. The van der Waals surface area contributed by atoms with Crippen LogP contribution in [-0.4, -0.2) is 19.7 Å². The molecule has 92 valence electrons. The molecule has 2 heterocycles. The molecule has 0 aliphatic carbocycles. The zero-order chi connectivity index (χ0) is 12.7. The molecule has 2 aromatic heterocycles. The van der Waals surface area contributed by atoms with Crippen LogP contribution in [0.1, 0.15) is 23.1 Å². The van der Waals surface area contributed by atoms with Crippen LogP contribution in [0.15, 0.2) is 30.3 Å². The van der Waals surface area contributed by atoms with Crippen molar-refractivity contribution in [1.29, 1.82) is 0 Å². The molecule has 3 N–H and O–H groups in total. The lowest BCUT2D eigenvalue weighted by molar-refractivity contribution is 0.474. The fraction of sp³-hybridized carbons (Fsp3) is 0.167. The smallest absolute Gasteiger partial charge is 0.215 e. The summed E-state index contributed by atoms with van der Waals surface area (Å²) in [4.78, 5) is 4.88. The number of nitrogens with zero attached hydrogens (tertiary/aromatic N) is 3. The Hall–Kier alpha value is -1.92. The Kier molecular flexibility index (Phi) is 2.53. The number of hydrogen-bond donors (Lipinski definition) is 2. The minimum Gasteiger partial charge on any atom is -0.498 e. The van der Waals surface area contributed by atoms with Crippen molar-refractivity contribution >= 4 is 16.3 Å². The van der Waals surface area contributed by atoms with Crippen LogP contribution >= 0.6 is 11.3 Å². The van der Waals surface area contributed by atoms with E-state index in [2.05, 4.69) is 10.1 Å². The summed E-state index contributed by atoms with van der Waals surface area (Å²) in [5.74, 6) is 0.669. The topological polar surface area (TPSA) is 76.4 Å². The van der Waals surface area contributed by atoms with Gasteiger partial charge in [0.25, 0.3) is 0 Å². The van der Waals surface area contributed by atoms with Gasteiger partial charge in [-0.15, -0.1) is 0 Å². The molecule has 0 fully saturated rings. The maximum Gasteiger partial charge on any atom is 0.215 e. The van der Waals surface area contributed by atoms with Gasteiger partial charge in [-0.25, -0.2) is 9.50 Å². The summed E-state index contributed by atoms with van der Waals surface area (Å²) in [6, 6.07) is 9.21. The van der Waals surface area contributed by atoms with Gasteiger partial charge in [0.1, 0.15) is 11.5 Å². The van der Waals surface area contributed by atoms with Crippen molar-refractivity contribution in [2.24, 2.45) is 5.73 Å². The lowest BCUT2D eigenvalue weighted by Gasteiger charge is -2.10. The quantitative estimate of drug-likeness (QED) is 0.737. The van der Waals surface area contributed by atoms with Gasteiger partial charge in [-0.1, -0.05) is 41.7 Å². The SMILES string of the molecule is Cc1nc2sc(O)c(C(N)c3ccccc3)n2n1. The Bertz CT molecular complexity index is 689. The van der Waals surface area contributed by atoms with Crippen LogP contribution in [0.3, 0.4) is 0 Å². The fourth-order valence-corrected chi connectivity index (χ4v) is 2.83. The van der Waals surface area contributed by atoms with Crippen molar-refractivity contribution in [3.05, 3.63) is 47.4 Å². The lowest BCUT2D eigenvalue weighted by atomic mass is 10.1. The molecule has 3 rings (SSSR count). The molecule has 0 saturated carbocycles. The Morgan fingerprint density at radius 2 is 2.06 bits per heavy atom. The summed E-state index contributed by atoms with van der Waals surface area (Å²) >= 11 is 1.19. The highest BCUT2D eigenvalue weighted by molar-refractivity contribution is 7.18. The monoisotopic (exact) mass is 260 g/mol. The summed E-state index contributed by atoms with van der Waals surface area (Å²) in [6.45, 7) is 1.81. The fourth-order valence-electron chi connectivity index (χ4n) is 1.93. The second-order valence-corrected chi connectivity index (χ2v) is 4.99. The van der Waals surface area contributed by atoms with Crippen molar-refractivity contribution in [1.82, 2.24) is 14.6 Å². The maximum atomic E-state index is 9.98. The van der Waals surface area contributed by atoms with Gasteiger partial charge in [-0.2, -0.15) is 5.10 Å². The number of aromatic nitrogens is 3. The molecular formula is C12H12N4OS. The van der Waals surface area contributed by atoms with E-state index in [1.165, 1.54) is 11.3 Å². The number of rotatable bonds is 2. The molecule has 0 aliphatic heterocycles. The van der Waals surface area contributed by atoms with Crippen molar-refractivity contribution in [2.45, 2.75) is 13.0 Å². The van der Waals surface area contributed by atoms with Crippen LogP contribution in [0.4, 0.5) is 0 Å². The molecule has 0 amide bonds. The van der Waals surface area contributed by atoms with Crippen molar-refractivity contribution in [3.8, 4) is 5.06 Å². The van der Waals surface area contributed by atoms with Crippen LogP contribution in [0.25, 0.3) is 4.96 Å². The standard InChI is InChI=1S/C12H12N4OS/c1-7-14-12-16(15-7)10(11(17)18-12)9(13)8-5-3-2-4-6-8/h2-6,9,17H,13H2,1H3. The summed E-state index contributed by atoms with van der Waals surface area (Å²) < 4.78 is 1.62. The molecule has 1 unspecified atom stereocenters. The number of fused-ring (bicyclic) bond motifs is 1. The van der Waals surface area contributed by atoms with Gasteiger partial charge in [0.05, 0.1) is 6.04 Å². The van der Waals surface area contributed by atoms with E-state index < -0.39 is 6.04 Å². The molecular weight excluding hydrogens is 248 g/mol. The third kappa shape index (κ3) is 1.66. The van der Waals surface area contributed by atoms with Gasteiger partial charge < -0.3 is 10.8 Å². The van der Waals surface area contributed by atoms with E-state index in [1.54, 1.807) is 4.52 Å². The molecule has 0 saturated heterocycles. The van der Waals surface area contributed by atoms with E-state index in [9.17, 15) is 5.11 Å². The Morgan fingerprint density at radius 1 is 1.33 bits per heavy atom. The molecule has 0 bridgehead atoms. The number of benzene rings is 1. The van der Waals surface area contributed by atoms with Gasteiger partial charge in [0, 0.05) is 0 Å². The molecule has 0 aliphatic rings. The number of nitrogens with two attached hydrogens (primary N) is 1. The summed E-state index contributed by atoms with van der Waals surface area (Å²) in [5, 5.41) is 14.4. The predicted molar refractivity (Wildman–Crippen MR) is 69.7 cm³/mol. The average Bonchev–Trinajstić information content (AvgIpc) is 2.84. The van der Waals surface area contributed by atoms with Crippen LogP contribution in [0, 0.1) is 6.92 Å². The first-order valence-electron chi connectivity index (χ1n) is 5.52. The van der Waals surface area contributed by atoms with E-state index in [-0.39, 0.29) is 5.06 Å². The number of thiazole rings is 1. The van der Waals surface area contributed by atoms with Crippen molar-refractivity contribution in [2.75, 3.05) is 0 Å². The van der Waals surface area contributed by atoms with Crippen LogP contribution < -0.4 is 5.73 Å². The van der Waals surface area contributed by atoms with Gasteiger partial charge in [0.2, 0.25) is 4.96 Å².